The van der Waals surface area contributed by atoms with Gasteiger partial charge in [0.05, 0.1) is 11.2 Å². The lowest BCUT2D eigenvalue weighted by Crippen LogP contribution is -2.56. The highest BCUT2D eigenvalue weighted by molar-refractivity contribution is 9.09. The predicted octanol–water partition coefficient (Wildman–Crippen LogP) is 5.93. The van der Waals surface area contributed by atoms with E-state index in [1.54, 1.807) is 0 Å². The third kappa shape index (κ3) is 3.08. The van der Waals surface area contributed by atoms with Crippen molar-refractivity contribution in [1.82, 2.24) is 0 Å². The number of hydrogen-bond donors (Lipinski definition) is 2. The topological polar surface area (TPSA) is 40.5 Å². The molecule has 3 heteroatoms. The van der Waals surface area contributed by atoms with Crippen LogP contribution >= 0.6 is 15.9 Å². The fourth-order valence-electron chi connectivity index (χ4n) is 8.64. The molecule has 0 saturated heterocycles. The van der Waals surface area contributed by atoms with Gasteiger partial charge in [-0.25, -0.2) is 0 Å². The van der Waals surface area contributed by atoms with Gasteiger partial charge < -0.3 is 10.2 Å². The second kappa shape index (κ2) is 7.27. The molecular weight excluding hydrogens is 400 g/mol. The summed E-state index contributed by atoms with van der Waals surface area (Å²) in [6.07, 6.45) is 12.8. The molecule has 9 atom stereocenters. The lowest BCUT2D eigenvalue weighted by Gasteiger charge is -2.59. The van der Waals surface area contributed by atoms with Crippen molar-refractivity contribution >= 4 is 15.9 Å². The lowest BCUT2D eigenvalue weighted by molar-refractivity contribution is -0.156. The Morgan fingerprint density at radius 3 is 2.41 bits per heavy atom. The number of rotatable bonds is 4. The first kappa shape index (κ1) is 20.7. The van der Waals surface area contributed by atoms with E-state index >= 15 is 0 Å². The number of hydrogen-bond acceptors (Lipinski definition) is 2. The maximum Gasteiger partial charge on any atom is 0.0737 e. The summed E-state index contributed by atoms with van der Waals surface area (Å²) in [5.41, 5.74) is -0.756. The highest BCUT2D eigenvalue weighted by atomic mass is 79.9. The molecule has 27 heavy (non-hydrogen) atoms. The molecule has 4 saturated carbocycles. The SMILES string of the molecule is CCC[C@@]1(O)CC[C@H]2[C@H](CC[C@@H]3[C@@H]2CC[C@@]2(C)[C@H]3CC[C@]2(O)C(C)CBr)C1. The van der Waals surface area contributed by atoms with Gasteiger partial charge in [0, 0.05) is 5.33 Å². The minimum atomic E-state index is -0.489. The van der Waals surface area contributed by atoms with Gasteiger partial charge in [0.15, 0.2) is 0 Å². The summed E-state index contributed by atoms with van der Waals surface area (Å²) in [5.74, 6) is 4.31. The Hall–Kier alpha value is 0.400. The van der Waals surface area contributed by atoms with Gasteiger partial charge in [-0.1, -0.05) is 43.1 Å². The Balaban J connectivity index is 1.52. The highest BCUT2D eigenvalue weighted by Crippen LogP contribution is 2.67. The quantitative estimate of drug-likeness (QED) is 0.531. The van der Waals surface area contributed by atoms with Crippen LogP contribution in [0, 0.1) is 40.9 Å². The van der Waals surface area contributed by atoms with E-state index in [2.05, 4.69) is 36.7 Å². The number of halogens is 1. The molecule has 0 bridgehead atoms. The van der Waals surface area contributed by atoms with Crippen LogP contribution in [0.25, 0.3) is 0 Å². The van der Waals surface area contributed by atoms with Gasteiger partial charge in [-0.05, 0) is 105 Å². The molecule has 2 N–H and O–H groups in total. The average molecular weight is 441 g/mol. The molecule has 0 spiro atoms. The summed E-state index contributed by atoms with van der Waals surface area (Å²) < 4.78 is 0. The Kier molecular flexibility index (Phi) is 5.56. The first-order valence-electron chi connectivity index (χ1n) is 11.8. The summed E-state index contributed by atoms with van der Waals surface area (Å²) in [4.78, 5) is 0. The summed E-state index contributed by atoms with van der Waals surface area (Å²) in [6.45, 7) is 6.87. The van der Waals surface area contributed by atoms with E-state index in [4.69, 9.17) is 0 Å². The van der Waals surface area contributed by atoms with E-state index in [1.807, 2.05) is 0 Å². The van der Waals surface area contributed by atoms with Gasteiger partial charge in [-0.2, -0.15) is 0 Å². The number of alkyl halides is 1. The molecule has 0 aromatic heterocycles. The minimum Gasteiger partial charge on any atom is -0.390 e. The van der Waals surface area contributed by atoms with Crippen LogP contribution in [0.4, 0.5) is 0 Å². The first-order valence-corrected chi connectivity index (χ1v) is 12.9. The van der Waals surface area contributed by atoms with Crippen molar-refractivity contribution in [1.29, 1.82) is 0 Å². The standard InChI is InChI=1S/C24H41BrO2/c1-4-10-23(26)12-8-18-17(14-23)5-6-20-19(18)7-11-22(3)21(20)9-13-24(22,27)16(2)15-25/h16-21,26-27H,4-15H2,1-3H3/t16?,17-,18+,19-,20-,21+,22+,23-,24+/m1/s1. The van der Waals surface area contributed by atoms with Gasteiger partial charge in [0.2, 0.25) is 0 Å². The van der Waals surface area contributed by atoms with Crippen LogP contribution in [0.3, 0.4) is 0 Å². The van der Waals surface area contributed by atoms with Gasteiger partial charge in [-0.15, -0.1) is 0 Å². The Labute approximate surface area is 175 Å². The van der Waals surface area contributed by atoms with Crippen LogP contribution in [-0.4, -0.2) is 26.7 Å². The van der Waals surface area contributed by atoms with E-state index in [-0.39, 0.29) is 11.0 Å². The van der Waals surface area contributed by atoms with E-state index < -0.39 is 5.60 Å². The summed E-state index contributed by atoms with van der Waals surface area (Å²) in [6, 6.07) is 0. The molecule has 0 aliphatic heterocycles. The smallest absolute Gasteiger partial charge is 0.0737 e. The summed E-state index contributed by atoms with van der Waals surface area (Å²) in [5, 5.41) is 23.6. The Morgan fingerprint density at radius 2 is 1.70 bits per heavy atom. The summed E-state index contributed by atoms with van der Waals surface area (Å²) in [7, 11) is 0. The van der Waals surface area contributed by atoms with Crippen LogP contribution in [-0.2, 0) is 0 Å². The zero-order valence-electron chi connectivity index (χ0n) is 17.7. The molecule has 156 valence electrons. The zero-order valence-corrected chi connectivity index (χ0v) is 19.3. The molecule has 4 fully saturated rings. The highest BCUT2D eigenvalue weighted by Gasteiger charge is 2.64. The van der Waals surface area contributed by atoms with Gasteiger partial charge in [-0.3, -0.25) is 0 Å². The third-order valence-corrected chi connectivity index (χ3v) is 11.1. The average Bonchev–Trinajstić information content (AvgIpc) is 2.93. The van der Waals surface area contributed by atoms with Crippen LogP contribution in [0.1, 0.15) is 91.4 Å². The van der Waals surface area contributed by atoms with E-state index in [1.165, 1.54) is 38.5 Å². The van der Waals surface area contributed by atoms with Crippen LogP contribution in [0.2, 0.25) is 0 Å². The van der Waals surface area contributed by atoms with Crippen molar-refractivity contribution in [2.45, 2.75) is 103 Å². The van der Waals surface area contributed by atoms with Gasteiger partial charge in [0.1, 0.15) is 0 Å². The molecule has 0 aromatic rings. The molecule has 4 aliphatic rings. The predicted molar refractivity (Wildman–Crippen MR) is 115 cm³/mol. The van der Waals surface area contributed by atoms with Crippen molar-refractivity contribution in [2.75, 3.05) is 5.33 Å². The van der Waals surface area contributed by atoms with Crippen molar-refractivity contribution in [3.05, 3.63) is 0 Å². The first-order chi connectivity index (χ1) is 12.8. The number of fused-ring (bicyclic) bond motifs is 5. The van der Waals surface area contributed by atoms with Crippen molar-refractivity contribution < 1.29 is 10.2 Å². The van der Waals surface area contributed by atoms with Crippen molar-refractivity contribution in [3.8, 4) is 0 Å². The van der Waals surface area contributed by atoms with Gasteiger partial charge in [0.25, 0.3) is 0 Å². The molecule has 0 radical (unpaired) electrons. The summed E-state index contributed by atoms with van der Waals surface area (Å²) >= 11 is 3.65. The van der Waals surface area contributed by atoms with Crippen LogP contribution in [0.15, 0.2) is 0 Å². The minimum absolute atomic E-state index is 0.103. The number of aliphatic hydroxyl groups is 2. The maximum absolute atomic E-state index is 11.7. The van der Waals surface area contributed by atoms with E-state index in [9.17, 15) is 10.2 Å². The molecule has 1 unspecified atom stereocenters. The fourth-order valence-corrected chi connectivity index (χ4v) is 9.18. The monoisotopic (exact) mass is 440 g/mol. The second-order valence-electron chi connectivity index (χ2n) is 11.1. The normalized spacial score (nSPS) is 53.3. The van der Waals surface area contributed by atoms with Crippen molar-refractivity contribution in [3.63, 3.8) is 0 Å². The van der Waals surface area contributed by atoms with Crippen molar-refractivity contribution in [2.24, 2.45) is 40.9 Å². The molecule has 4 rings (SSSR count). The second-order valence-corrected chi connectivity index (χ2v) is 11.8. The molecule has 2 nitrogen and oxygen atoms in total. The zero-order chi connectivity index (χ0) is 19.4. The fraction of sp³-hybridized carbons (Fsp3) is 1.00. The van der Waals surface area contributed by atoms with Crippen LogP contribution < -0.4 is 0 Å². The Bertz CT molecular complexity index is 552. The van der Waals surface area contributed by atoms with Gasteiger partial charge >= 0.3 is 0 Å². The molecule has 0 aromatic carbocycles. The Morgan fingerprint density at radius 1 is 0.963 bits per heavy atom. The molecular formula is C24H41BrO2. The van der Waals surface area contributed by atoms with Crippen LogP contribution in [0.5, 0.6) is 0 Å². The lowest BCUT2D eigenvalue weighted by atomic mass is 9.47. The third-order valence-electron chi connectivity index (χ3n) is 10.1. The molecule has 4 aliphatic carbocycles. The maximum atomic E-state index is 11.7. The van der Waals surface area contributed by atoms with E-state index in [0.717, 1.165) is 61.1 Å². The largest absolute Gasteiger partial charge is 0.390 e. The molecule has 0 heterocycles. The van der Waals surface area contributed by atoms with E-state index in [0.29, 0.717) is 11.8 Å². The molecule has 0 amide bonds.